The minimum atomic E-state index is -3.94. The van der Waals surface area contributed by atoms with Gasteiger partial charge in [-0.25, -0.2) is 0 Å². The normalized spacial score (nSPS) is 14.7. The lowest BCUT2D eigenvalue weighted by atomic mass is 9.74. The molecule has 0 unspecified atom stereocenters. The first-order valence-electron chi connectivity index (χ1n) is 17.7. The van der Waals surface area contributed by atoms with Gasteiger partial charge >= 0.3 is 0 Å². The Morgan fingerprint density at radius 3 is 1.98 bits per heavy atom. The highest BCUT2D eigenvalue weighted by atomic mass is 32.2. The second-order valence-electron chi connectivity index (χ2n) is 12.7. The zero-order valence-corrected chi connectivity index (χ0v) is 31.2. The van der Waals surface area contributed by atoms with Crippen LogP contribution in [-0.4, -0.2) is 77.0 Å². The van der Waals surface area contributed by atoms with E-state index in [-0.39, 0.29) is 30.5 Å². The molecule has 0 atom stereocenters. The van der Waals surface area contributed by atoms with E-state index in [4.69, 9.17) is 14.8 Å². The second kappa shape index (κ2) is 15.2. The summed E-state index contributed by atoms with van der Waals surface area (Å²) in [6.45, 7) is 13.5. The quantitative estimate of drug-likeness (QED) is 0.0526. The zero-order valence-electron chi connectivity index (χ0n) is 30.4. The topological polar surface area (TPSA) is 130 Å². The van der Waals surface area contributed by atoms with Gasteiger partial charge in [-0.15, -0.1) is 0 Å². The maximum absolute atomic E-state index is 14.6. The molecule has 0 saturated heterocycles. The van der Waals surface area contributed by atoms with E-state index in [1.165, 1.54) is 18.3 Å². The minimum Gasteiger partial charge on any atom is -0.456 e. The number of hydrazone groups is 1. The Hall–Kier alpha value is -5.20. The van der Waals surface area contributed by atoms with Gasteiger partial charge in [0.25, 0.3) is 16.0 Å². The largest absolute Gasteiger partial charge is 0.456 e. The molecule has 0 saturated carbocycles. The fourth-order valence-corrected chi connectivity index (χ4v) is 8.14. The van der Waals surface area contributed by atoms with Gasteiger partial charge in [0, 0.05) is 72.6 Å². The summed E-state index contributed by atoms with van der Waals surface area (Å²) in [5, 5.41) is 4.03. The number of carbonyl (C=O) groups excluding carboxylic acids is 1. The van der Waals surface area contributed by atoms with Crippen molar-refractivity contribution in [2.45, 2.75) is 45.1 Å². The Labute approximate surface area is 306 Å². The molecule has 0 bridgehead atoms. The standard InChI is InChI=1S/C40H46N6O5S/c1-6-44(7-2)30-16-20-35-37(24-30)51-38-25-31(45(8-3)9-4)17-21-36(38)40(35)34-13-11-10-12-33(34)39(47)46(40)27-29(43-41)26-42-22-23-50-52(48,49)32-18-14-28(5)15-19-32/h10-21,24-26H,6-9,22-23,27,41H2,1-5H3. The molecular formula is C40H46N6O5S. The van der Waals surface area contributed by atoms with Crippen LogP contribution in [-0.2, 0) is 19.8 Å². The molecule has 4 aromatic carbocycles. The Kier molecular flexibility index (Phi) is 10.7. The van der Waals surface area contributed by atoms with Crippen LogP contribution >= 0.6 is 0 Å². The summed E-state index contributed by atoms with van der Waals surface area (Å²) in [6.07, 6.45) is 1.47. The summed E-state index contributed by atoms with van der Waals surface area (Å²) in [7, 11) is -3.94. The lowest BCUT2D eigenvalue weighted by Gasteiger charge is -2.44. The zero-order chi connectivity index (χ0) is 37.0. The van der Waals surface area contributed by atoms with Crippen LogP contribution in [0.15, 0.2) is 99.9 Å². The van der Waals surface area contributed by atoms with Gasteiger partial charge in [-0.05, 0) is 70.5 Å². The number of nitrogens with two attached hydrogens (primary N) is 1. The molecule has 0 aromatic heterocycles. The van der Waals surface area contributed by atoms with Crippen molar-refractivity contribution in [1.29, 1.82) is 0 Å². The van der Waals surface area contributed by atoms with Crippen LogP contribution < -0.4 is 20.4 Å². The molecule has 12 heteroatoms. The predicted molar refractivity (Wildman–Crippen MR) is 207 cm³/mol. The first kappa shape index (κ1) is 36.6. The van der Waals surface area contributed by atoms with Gasteiger partial charge in [-0.1, -0.05) is 48.0 Å². The summed E-state index contributed by atoms with van der Waals surface area (Å²) in [6, 6.07) is 26.5. The highest BCUT2D eigenvalue weighted by molar-refractivity contribution is 7.86. The number of benzene rings is 4. The Balaban J connectivity index is 1.39. The number of aryl methyl sites for hydroxylation is 1. The molecule has 1 spiro atoms. The van der Waals surface area contributed by atoms with E-state index in [9.17, 15) is 13.2 Å². The summed E-state index contributed by atoms with van der Waals surface area (Å²) in [5.41, 5.74) is 5.31. The Bertz CT molecular complexity index is 2050. The van der Waals surface area contributed by atoms with Crippen molar-refractivity contribution in [2.75, 3.05) is 55.7 Å². The second-order valence-corrected chi connectivity index (χ2v) is 14.3. The van der Waals surface area contributed by atoms with Crippen molar-refractivity contribution in [3.05, 3.63) is 113 Å². The maximum atomic E-state index is 14.6. The van der Waals surface area contributed by atoms with Crippen molar-refractivity contribution in [1.82, 2.24) is 4.90 Å². The molecule has 52 heavy (non-hydrogen) atoms. The molecule has 2 aliphatic rings. The monoisotopic (exact) mass is 722 g/mol. The molecule has 0 aliphatic carbocycles. The van der Waals surface area contributed by atoms with Crippen molar-refractivity contribution >= 4 is 39.3 Å². The average Bonchev–Trinajstić information content (AvgIpc) is 3.39. The van der Waals surface area contributed by atoms with Crippen molar-refractivity contribution in [3.63, 3.8) is 0 Å². The molecule has 4 aromatic rings. The third kappa shape index (κ3) is 6.52. The Morgan fingerprint density at radius 2 is 1.42 bits per heavy atom. The number of rotatable bonds is 14. The summed E-state index contributed by atoms with van der Waals surface area (Å²) in [4.78, 5) is 25.3. The van der Waals surface area contributed by atoms with Gasteiger partial charge in [-0.2, -0.15) is 13.5 Å². The van der Waals surface area contributed by atoms with E-state index in [0.29, 0.717) is 22.8 Å². The van der Waals surface area contributed by atoms with E-state index >= 15 is 0 Å². The molecule has 2 N–H and O–H groups in total. The van der Waals surface area contributed by atoms with Gasteiger partial charge in [-0.3, -0.25) is 14.0 Å². The van der Waals surface area contributed by atoms with Gasteiger partial charge < -0.3 is 25.3 Å². The number of amides is 1. The van der Waals surface area contributed by atoms with Crippen LogP contribution in [0.1, 0.15) is 60.3 Å². The SMILES string of the molecule is CCN(CC)c1ccc2c(c1)Oc1cc(N(CC)CC)ccc1C21c2ccccc2C(=O)N1CC(C=NCCOS(=O)(=O)c1ccc(C)cc1)=NN. The van der Waals surface area contributed by atoms with E-state index in [2.05, 4.69) is 84.0 Å². The molecular weight excluding hydrogens is 677 g/mol. The van der Waals surface area contributed by atoms with Gasteiger partial charge in [0.15, 0.2) is 0 Å². The molecule has 6 rings (SSSR count). The van der Waals surface area contributed by atoms with Crippen LogP contribution in [0, 0.1) is 6.92 Å². The fourth-order valence-electron chi connectivity index (χ4n) is 7.24. The van der Waals surface area contributed by atoms with E-state index in [1.807, 2.05) is 31.2 Å². The lowest BCUT2D eigenvalue weighted by Crippen LogP contribution is -2.49. The van der Waals surface area contributed by atoms with E-state index < -0.39 is 15.7 Å². The highest BCUT2D eigenvalue weighted by Crippen LogP contribution is 2.58. The number of aliphatic imine (C=N–C) groups is 1. The number of carbonyl (C=O) groups is 1. The first-order valence-corrected chi connectivity index (χ1v) is 19.1. The summed E-state index contributed by atoms with van der Waals surface area (Å²) >= 11 is 0. The van der Waals surface area contributed by atoms with Crippen LogP contribution in [0.3, 0.4) is 0 Å². The molecule has 272 valence electrons. The maximum Gasteiger partial charge on any atom is 0.297 e. The van der Waals surface area contributed by atoms with Crippen molar-refractivity contribution in [2.24, 2.45) is 15.9 Å². The lowest BCUT2D eigenvalue weighted by molar-refractivity contribution is 0.0704. The predicted octanol–water partition coefficient (Wildman–Crippen LogP) is 6.33. The third-order valence-corrected chi connectivity index (χ3v) is 11.2. The minimum absolute atomic E-state index is 0.0184. The number of hydrogen-bond donors (Lipinski definition) is 1. The Morgan fingerprint density at radius 1 is 0.846 bits per heavy atom. The first-order chi connectivity index (χ1) is 25.1. The number of hydrogen-bond acceptors (Lipinski definition) is 10. The molecule has 0 radical (unpaired) electrons. The average molecular weight is 723 g/mol. The molecule has 1 amide bonds. The van der Waals surface area contributed by atoms with Gasteiger partial charge in [0.2, 0.25) is 0 Å². The van der Waals surface area contributed by atoms with Crippen LogP contribution in [0.5, 0.6) is 11.5 Å². The molecule has 2 aliphatic heterocycles. The molecule has 2 heterocycles. The third-order valence-electron chi connectivity index (χ3n) is 9.88. The highest BCUT2D eigenvalue weighted by Gasteiger charge is 2.56. The van der Waals surface area contributed by atoms with Crippen LogP contribution in [0.25, 0.3) is 0 Å². The fraction of sp³-hybridized carbons (Fsp3) is 0.325. The van der Waals surface area contributed by atoms with Gasteiger partial charge in [0.1, 0.15) is 17.0 Å². The van der Waals surface area contributed by atoms with Gasteiger partial charge in [0.05, 0.1) is 30.3 Å². The smallest absolute Gasteiger partial charge is 0.297 e. The number of nitrogens with zero attached hydrogens (tertiary/aromatic N) is 5. The van der Waals surface area contributed by atoms with E-state index in [1.54, 1.807) is 17.0 Å². The summed E-state index contributed by atoms with van der Waals surface area (Å²) < 4.78 is 37.3. The van der Waals surface area contributed by atoms with Crippen LogP contribution in [0.2, 0.25) is 0 Å². The number of anilines is 2. The summed E-state index contributed by atoms with van der Waals surface area (Å²) in [5.74, 6) is 7.08. The molecule has 11 nitrogen and oxygen atoms in total. The van der Waals surface area contributed by atoms with Crippen molar-refractivity contribution in [3.8, 4) is 11.5 Å². The number of ether oxygens (including phenoxy) is 1. The molecule has 0 fully saturated rings. The van der Waals surface area contributed by atoms with E-state index in [0.717, 1.165) is 59.8 Å². The van der Waals surface area contributed by atoms with Crippen molar-refractivity contribution < 1.29 is 22.1 Å². The van der Waals surface area contributed by atoms with Crippen LogP contribution in [0.4, 0.5) is 11.4 Å². The number of fused-ring (bicyclic) bond motifs is 6.